The first kappa shape index (κ1) is 15.0. The van der Waals surface area contributed by atoms with Crippen molar-refractivity contribution >= 4 is 11.0 Å². The minimum absolute atomic E-state index is 0.0313. The molecule has 1 aromatic heterocycles. The largest absolute Gasteiger partial charge is 0.326 e. The number of nitrogens with zero attached hydrogens (tertiary/aromatic N) is 2. The Balaban J connectivity index is 1.38. The SMILES string of the molecule is O=c1[nH]c2ccccc2n1C1CCN(C2(c3ccccc3)CC2)CC1. The van der Waals surface area contributed by atoms with Gasteiger partial charge in [-0.15, -0.1) is 0 Å². The standard InChI is InChI=1S/C21H23N3O/c25-20-22-18-8-4-5-9-19(18)24(20)17-10-14-23(15-11-17)21(12-13-21)16-6-2-1-3-7-16/h1-9,17H,10-15H2,(H,22,25). The first-order valence-electron chi connectivity index (χ1n) is 9.28. The van der Waals surface area contributed by atoms with Crippen LogP contribution in [0.25, 0.3) is 11.0 Å². The summed E-state index contributed by atoms with van der Waals surface area (Å²) in [6, 6.07) is 19.2. The fraction of sp³-hybridized carbons (Fsp3) is 0.381. The van der Waals surface area contributed by atoms with E-state index in [1.54, 1.807) is 0 Å². The van der Waals surface area contributed by atoms with Crippen LogP contribution in [0.5, 0.6) is 0 Å². The predicted molar refractivity (Wildman–Crippen MR) is 99.8 cm³/mol. The molecule has 25 heavy (non-hydrogen) atoms. The lowest BCUT2D eigenvalue weighted by Crippen LogP contribution is -2.43. The normalized spacial score (nSPS) is 20.8. The molecule has 2 aliphatic rings. The van der Waals surface area contributed by atoms with E-state index in [0.29, 0.717) is 6.04 Å². The maximum Gasteiger partial charge on any atom is 0.326 e. The maximum absolute atomic E-state index is 12.4. The summed E-state index contributed by atoms with van der Waals surface area (Å²) in [5.41, 5.74) is 3.73. The molecule has 1 N–H and O–H groups in total. The van der Waals surface area contributed by atoms with Gasteiger partial charge in [0.2, 0.25) is 0 Å². The third-order valence-electron chi connectivity index (χ3n) is 6.09. The van der Waals surface area contributed by atoms with Crippen molar-refractivity contribution in [2.45, 2.75) is 37.3 Å². The van der Waals surface area contributed by atoms with Crippen LogP contribution in [0, 0.1) is 0 Å². The van der Waals surface area contributed by atoms with E-state index >= 15 is 0 Å². The lowest BCUT2D eigenvalue weighted by Gasteiger charge is -2.38. The van der Waals surface area contributed by atoms with E-state index in [9.17, 15) is 4.79 Å². The third-order valence-corrected chi connectivity index (χ3v) is 6.09. The number of H-pyrrole nitrogens is 1. The van der Waals surface area contributed by atoms with Crippen LogP contribution >= 0.6 is 0 Å². The van der Waals surface area contributed by atoms with Crippen molar-refractivity contribution < 1.29 is 0 Å². The van der Waals surface area contributed by atoms with E-state index in [1.165, 1.54) is 18.4 Å². The molecule has 0 spiro atoms. The summed E-state index contributed by atoms with van der Waals surface area (Å²) >= 11 is 0. The molecule has 1 aliphatic carbocycles. The van der Waals surface area contributed by atoms with Gasteiger partial charge in [0.15, 0.2) is 0 Å². The number of fused-ring (bicyclic) bond motifs is 1. The van der Waals surface area contributed by atoms with Crippen LogP contribution in [-0.2, 0) is 5.54 Å². The number of aromatic amines is 1. The van der Waals surface area contributed by atoms with Gasteiger partial charge < -0.3 is 4.98 Å². The van der Waals surface area contributed by atoms with Crippen LogP contribution in [0.15, 0.2) is 59.4 Å². The van der Waals surface area contributed by atoms with Crippen LogP contribution in [0.4, 0.5) is 0 Å². The highest BCUT2D eigenvalue weighted by atomic mass is 16.1. The van der Waals surface area contributed by atoms with E-state index < -0.39 is 0 Å². The number of piperidine rings is 1. The van der Waals surface area contributed by atoms with E-state index in [4.69, 9.17) is 0 Å². The van der Waals surface area contributed by atoms with Crippen molar-refractivity contribution in [1.82, 2.24) is 14.5 Å². The number of aromatic nitrogens is 2. The molecule has 2 fully saturated rings. The van der Waals surface area contributed by atoms with Crippen molar-refractivity contribution in [2.24, 2.45) is 0 Å². The van der Waals surface area contributed by atoms with Gasteiger partial charge in [-0.05, 0) is 43.4 Å². The van der Waals surface area contributed by atoms with Crippen LogP contribution in [-0.4, -0.2) is 27.5 Å². The highest BCUT2D eigenvalue weighted by Gasteiger charge is 2.49. The predicted octanol–water partition coefficient (Wildman–Crippen LogP) is 3.66. The molecule has 4 nitrogen and oxygen atoms in total. The second-order valence-corrected chi connectivity index (χ2v) is 7.43. The zero-order valence-electron chi connectivity index (χ0n) is 14.3. The summed E-state index contributed by atoms with van der Waals surface area (Å²) in [4.78, 5) is 18.1. The van der Waals surface area contributed by atoms with Gasteiger partial charge in [0.25, 0.3) is 0 Å². The molecule has 0 radical (unpaired) electrons. The Morgan fingerprint density at radius 3 is 2.32 bits per heavy atom. The van der Waals surface area contributed by atoms with Gasteiger partial charge in [0, 0.05) is 24.7 Å². The van der Waals surface area contributed by atoms with Gasteiger partial charge in [-0.25, -0.2) is 4.79 Å². The number of likely N-dealkylation sites (tertiary alicyclic amines) is 1. The van der Waals surface area contributed by atoms with Gasteiger partial charge in [0.1, 0.15) is 0 Å². The van der Waals surface area contributed by atoms with E-state index in [-0.39, 0.29) is 11.2 Å². The fourth-order valence-electron chi connectivity index (χ4n) is 4.64. The lowest BCUT2D eigenvalue weighted by molar-refractivity contribution is 0.118. The number of hydrogen-bond acceptors (Lipinski definition) is 2. The average Bonchev–Trinajstić information content (AvgIpc) is 3.40. The molecular formula is C21H23N3O. The van der Waals surface area contributed by atoms with Gasteiger partial charge in [-0.3, -0.25) is 9.47 Å². The van der Waals surface area contributed by atoms with Crippen molar-refractivity contribution in [1.29, 1.82) is 0 Å². The molecule has 1 saturated carbocycles. The summed E-state index contributed by atoms with van der Waals surface area (Å²) in [6.07, 6.45) is 4.59. The molecule has 0 amide bonds. The minimum atomic E-state index is 0.0313. The summed E-state index contributed by atoms with van der Waals surface area (Å²) in [5, 5.41) is 0. The van der Waals surface area contributed by atoms with Crippen molar-refractivity contribution in [2.75, 3.05) is 13.1 Å². The van der Waals surface area contributed by atoms with Crippen LogP contribution < -0.4 is 5.69 Å². The molecule has 3 aromatic rings. The van der Waals surface area contributed by atoms with Crippen molar-refractivity contribution in [3.8, 4) is 0 Å². The molecule has 0 bridgehead atoms. The zero-order valence-corrected chi connectivity index (χ0v) is 14.3. The molecule has 5 rings (SSSR count). The highest BCUT2D eigenvalue weighted by molar-refractivity contribution is 5.75. The van der Waals surface area contributed by atoms with E-state index in [1.807, 2.05) is 28.8 Å². The molecule has 2 heterocycles. The van der Waals surface area contributed by atoms with Gasteiger partial charge in [-0.1, -0.05) is 42.5 Å². The molecule has 2 aromatic carbocycles. The number of imidazole rings is 1. The van der Waals surface area contributed by atoms with Crippen LogP contribution in [0.1, 0.15) is 37.3 Å². The van der Waals surface area contributed by atoms with Crippen molar-refractivity contribution in [3.63, 3.8) is 0 Å². The molecule has 0 unspecified atom stereocenters. The second-order valence-electron chi connectivity index (χ2n) is 7.43. The lowest BCUT2D eigenvalue weighted by atomic mass is 9.97. The van der Waals surface area contributed by atoms with Crippen LogP contribution in [0.2, 0.25) is 0 Å². The Kier molecular flexibility index (Phi) is 3.35. The number of para-hydroxylation sites is 2. The Labute approximate surface area is 147 Å². The fourth-order valence-corrected chi connectivity index (χ4v) is 4.64. The quantitative estimate of drug-likeness (QED) is 0.795. The molecule has 1 aliphatic heterocycles. The molecule has 4 heteroatoms. The third kappa shape index (κ3) is 2.35. The summed E-state index contributed by atoms with van der Waals surface area (Å²) in [6.45, 7) is 2.12. The van der Waals surface area contributed by atoms with E-state index in [0.717, 1.165) is 37.0 Å². The first-order chi connectivity index (χ1) is 12.3. The number of rotatable bonds is 3. The monoisotopic (exact) mass is 333 g/mol. The molecule has 0 atom stereocenters. The van der Waals surface area contributed by atoms with Gasteiger partial charge in [0.05, 0.1) is 11.0 Å². The molecular weight excluding hydrogens is 310 g/mol. The minimum Gasteiger partial charge on any atom is -0.306 e. The number of hydrogen-bond donors (Lipinski definition) is 1. The Morgan fingerprint density at radius 1 is 0.920 bits per heavy atom. The second kappa shape index (κ2) is 5.60. The van der Waals surface area contributed by atoms with Gasteiger partial charge >= 0.3 is 5.69 Å². The smallest absolute Gasteiger partial charge is 0.306 e. The summed E-state index contributed by atoms with van der Waals surface area (Å²) in [7, 11) is 0. The summed E-state index contributed by atoms with van der Waals surface area (Å²) in [5.74, 6) is 0. The Morgan fingerprint density at radius 2 is 1.60 bits per heavy atom. The van der Waals surface area contributed by atoms with Crippen molar-refractivity contribution in [3.05, 3.63) is 70.6 Å². The number of nitrogens with one attached hydrogen (secondary N) is 1. The first-order valence-corrected chi connectivity index (χ1v) is 9.28. The molecule has 128 valence electrons. The average molecular weight is 333 g/mol. The Hall–Kier alpha value is -2.33. The zero-order chi connectivity index (χ0) is 16.9. The summed E-state index contributed by atoms with van der Waals surface area (Å²) < 4.78 is 1.98. The van der Waals surface area contributed by atoms with Crippen LogP contribution in [0.3, 0.4) is 0 Å². The van der Waals surface area contributed by atoms with E-state index in [2.05, 4.69) is 40.2 Å². The highest BCUT2D eigenvalue weighted by Crippen LogP contribution is 2.52. The maximum atomic E-state index is 12.4. The topological polar surface area (TPSA) is 41.0 Å². The Bertz CT molecular complexity index is 944. The number of benzene rings is 2. The molecule has 1 saturated heterocycles. The van der Waals surface area contributed by atoms with Gasteiger partial charge in [-0.2, -0.15) is 0 Å².